The van der Waals surface area contributed by atoms with Crippen LogP contribution in [0.3, 0.4) is 0 Å². The van der Waals surface area contributed by atoms with E-state index in [1.165, 1.54) is 18.3 Å². The number of rotatable bonds is 3. The molecule has 0 amide bonds. The van der Waals surface area contributed by atoms with Crippen LogP contribution < -0.4 is 9.88 Å². The number of piperazine rings is 1. The molecule has 1 saturated heterocycles. The summed E-state index contributed by atoms with van der Waals surface area (Å²) in [7, 11) is 0. The highest BCUT2D eigenvalue weighted by molar-refractivity contribution is 5.81. The maximum absolute atomic E-state index is 13.0. The largest absolute Gasteiger partial charge is 0.417 e. The maximum atomic E-state index is 13.0. The van der Waals surface area contributed by atoms with Gasteiger partial charge in [0, 0.05) is 11.6 Å². The number of hydrogen-bond acceptors (Lipinski definition) is 3. The lowest BCUT2D eigenvalue weighted by atomic mass is 10.1. The van der Waals surface area contributed by atoms with Crippen LogP contribution in [0.2, 0.25) is 0 Å². The number of pyridine rings is 1. The third-order valence-corrected chi connectivity index (χ3v) is 3.92. The molecule has 1 aliphatic heterocycles. The van der Waals surface area contributed by atoms with Gasteiger partial charge in [0.05, 0.1) is 31.1 Å². The van der Waals surface area contributed by atoms with Gasteiger partial charge < -0.3 is 0 Å². The molecule has 0 unspecified atom stereocenters. The van der Waals surface area contributed by atoms with Gasteiger partial charge in [0.2, 0.25) is 0 Å². The summed E-state index contributed by atoms with van der Waals surface area (Å²) in [5.74, 6) is 1.03. The van der Waals surface area contributed by atoms with E-state index in [1.807, 2.05) is 24.4 Å². The average molecular weight is 335 g/mol. The SMILES string of the molecule is FC(F)(F)c1ccccc1/C=N/N1CCN(c2cccc[nH+]2)CC1. The van der Waals surface area contributed by atoms with Crippen LogP contribution in [-0.4, -0.2) is 37.4 Å². The molecule has 0 saturated carbocycles. The third kappa shape index (κ3) is 3.84. The molecule has 2 heterocycles. The molecule has 0 radical (unpaired) electrons. The highest BCUT2D eigenvalue weighted by atomic mass is 19.4. The molecule has 1 N–H and O–H groups in total. The second-order valence-electron chi connectivity index (χ2n) is 5.52. The number of benzene rings is 1. The summed E-state index contributed by atoms with van der Waals surface area (Å²) in [6.45, 7) is 2.85. The van der Waals surface area contributed by atoms with Gasteiger partial charge in [-0.1, -0.05) is 24.3 Å². The lowest BCUT2D eigenvalue weighted by molar-refractivity contribution is -0.364. The molecule has 1 aromatic heterocycles. The minimum atomic E-state index is -4.37. The Balaban J connectivity index is 1.64. The minimum Gasteiger partial charge on any atom is -0.289 e. The summed E-state index contributed by atoms with van der Waals surface area (Å²) in [4.78, 5) is 5.37. The summed E-state index contributed by atoms with van der Waals surface area (Å²) in [6.07, 6.45) is -1.20. The van der Waals surface area contributed by atoms with Gasteiger partial charge in [-0.25, -0.2) is 4.98 Å². The molecule has 1 aromatic carbocycles. The molecule has 2 aromatic rings. The van der Waals surface area contributed by atoms with Gasteiger partial charge in [-0.3, -0.25) is 9.91 Å². The maximum Gasteiger partial charge on any atom is 0.417 e. The van der Waals surface area contributed by atoms with Crippen molar-refractivity contribution < 1.29 is 18.2 Å². The number of aromatic nitrogens is 1. The van der Waals surface area contributed by atoms with Crippen LogP contribution in [0.4, 0.5) is 19.0 Å². The molecule has 1 aliphatic rings. The first kappa shape index (κ1) is 16.3. The predicted molar refractivity (Wildman–Crippen MR) is 85.8 cm³/mol. The van der Waals surface area contributed by atoms with Crippen molar-refractivity contribution in [3.8, 4) is 0 Å². The first-order chi connectivity index (χ1) is 11.5. The second-order valence-corrected chi connectivity index (χ2v) is 5.52. The number of nitrogens with one attached hydrogen (secondary N) is 1. The van der Waals surface area contributed by atoms with Crippen LogP contribution in [0.1, 0.15) is 11.1 Å². The van der Waals surface area contributed by atoms with E-state index in [0.29, 0.717) is 13.1 Å². The molecule has 7 heteroatoms. The van der Waals surface area contributed by atoms with Gasteiger partial charge in [-0.05, 0) is 12.1 Å². The molecular weight excluding hydrogens is 317 g/mol. The average Bonchev–Trinajstić information content (AvgIpc) is 2.61. The molecule has 0 spiro atoms. The zero-order valence-corrected chi connectivity index (χ0v) is 13.0. The highest BCUT2D eigenvalue weighted by Gasteiger charge is 2.32. The number of H-pyrrole nitrogens is 1. The Morgan fingerprint density at radius 3 is 2.33 bits per heavy atom. The fourth-order valence-corrected chi connectivity index (χ4v) is 2.64. The summed E-state index contributed by atoms with van der Waals surface area (Å²) >= 11 is 0. The fraction of sp³-hybridized carbons (Fsp3) is 0.294. The van der Waals surface area contributed by atoms with Crippen molar-refractivity contribution in [3.05, 3.63) is 59.8 Å². The number of alkyl halides is 3. The van der Waals surface area contributed by atoms with Crippen LogP contribution in [0.25, 0.3) is 0 Å². The van der Waals surface area contributed by atoms with Gasteiger partial charge in [-0.15, -0.1) is 0 Å². The molecule has 0 atom stereocenters. The smallest absolute Gasteiger partial charge is 0.289 e. The van der Waals surface area contributed by atoms with Gasteiger partial charge in [0.25, 0.3) is 5.82 Å². The first-order valence-electron chi connectivity index (χ1n) is 7.71. The summed E-state index contributed by atoms with van der Waals surface area (Å²) in [6, 6.07) is 11.4. The Morgan fingerprint density at radius 1 is 0.958 bits per heavy atom. The molecule has 3 rings (SSSR count). The lowest BCUT2D eigenvalue weighted by Crippen LogP contribution is -2.45. The molecule has 0 aliphatic carbocycles. The Bertz CT molecular complexity index is 692. The third-order valence-electron chi connectivity index (χ3n) is 3.92. The summed E-state index contributed by atoms with van der Waals surface area (Å²) in [5.41, 5.74) is -0.574. The van der Waals surface area contributed by atoms with E-state index in [4.69, 9.17) is 0 Å². The highest BCUT2D eigenvalue weighted by Crippen LogP contribution is 2.31. The van der Waals surface area contributed by atoms with Crippen LogP contribution >= 0.6 is 0 Å². The number of nitrogens with zero attached hydrogens (tertiary/aromatic N) is 3. The van der Waals surface area contributed by atoms with Crippen molar-refractivity contribution in [3.63, 3.8) is 0 Å². The minimum absolute atomic E-state index is 0.0869. The van der Waals surface area contributed by atoms with Crippen LogP contribution in [0.15, 0.2) is 53.8 Å². The standard InChI is InChI=1S/C17H17F3N4/c18-17(19,20)15-6-2-1-5-14(15)13-22-24-11-9-23(10-12-24)16-7-3-4-8-21-16/h1-8,13H,9-12H2/p+1/b22-13+. The molecular formula is C17H18F3N4+. The van der Waals surface area contributed by atoms with E-state index in [9.17, 15) is 13.2 Å². The van der Waals surface area contributed by atoms with Gasteiger partial charge in [0.15, 0.2) is 0 Å². The molecule has 24 heavy (non-hydrogen) atoms. The van der Waals surface area contributed by atoms with Crippen LogP contribution in [-0.2, 0) is 6.18 Å². The van der Waals surface area contributed by atoms with Crippen molar-refractivity contribution in [1.29, 1.82) is 0 Å². The van der Waals surface area contributed by atoms with E-state index >= 15 is 0 Å². The van der Waals surface area contributed by atoms with Gasteiger partial charge >= 0.3 is 6.18 Å². The monoisotopic (exact) mass is 335 g/mol. The van der Waals surface area contributed by atoms with Crippen molar-refractivity contribution >= 4 is 12.0 Å². The van der Waals surface area contributed by atoms with Crippen molar-refractivity contribution in [2.24, 2.45) is 5.10 Å². The van der Waals surface area contributed by atoms with Crippen molar-refractivity contribution in [2.75, 3.05) is 31.1 Å². The zero-order chi connectivity index (χ0) is 17.0. The zero-order valence-electron chi connectivity index (χ0n) is 13.0. The molecule has 4 nitrogen and oxygen atoms in total. The van der Waals surface area contributed by atoms with Crippen LogP contribution in [0.5, 0.6) is 0 Å². The summed E-state index contributed by atoms with van der Waals surface area (Å²) in [5, 5.41) is 6.03. The second kappa shape index (κ2) is 6.90. The van der Waals surface area contributed by atoms with Crippen LogP contribution in [0, 0.1) is 0 Å². The molecule has 1 fully saturated rings. The fourth-order valence-electron chi connectivity index (χ4n) is 2.64. The topological polar surface area (TPSA) is 33.0 Å². The molecule has 126 valence electrons. The van der Waals surface area contributed by atoms with Crippen molar-refractivity contribution in [1.82, 2.24) is 5.01 Å². The van der Waals surface area contributed by atoms with E-state index < -0.39 is 11.7 Å². The number of aromatic amines is 1. The Hall–Kier alpha value is -2.57. The number of hydrazone groups is 1. The van der Waals surface area contributed by atoms with E-state index in [1.54, 1.807) is 11.1 Å². The van der Waals surface area contributed by atoms with Gasteiger partial charge in [0.1, 0.15) is 13.1 Å². The Kier molecular flexibility index (Phi) is 4.69. The van der Waals surface area contributed by atoms with E-state index in [-0.39, 0.29) is 5.56 Å². The van der Waals surface area contributed by atoms with E-state index in [0.717, 1.165) is 25.0 Å². The number of hydrogen-bond donors (Lipinski definition) is 0. The lowest BCUT2D eigenvalue weighted by Gasteiger charge is -2.28. The van der Waals surface area contributed by atoms with Gasteiger partial charge in [-0.2, -0.15) is 18.3 Å². The summed E-state index contributed by atoms with van der Waals surface area (Å²) < 4.78 is 38.9. The Morgan fingerprint density at radius 2 is 1.67 bits per heavy atom. The quantitative estimate of drug-likeness (QED) is 0.808. The Labute approximate surface area is 138 Å². The number of anilines is 1. The predicted octanol–water partition coefficient (Wildman–Crippen LogP) is 2.68. The normalized spacial score (nSPS) is 16.0. The first-order valence-corrected chi connectivity index (χ1v) is 7.71. The molecule has 0 bridgehead atoms. The number of halogens is 3. The van der Waals surface area contributed by atoms with Crippen molar-refractivity contribution in [2.45, 2.75) is 6.18 Å². The van der Waals surface area contributed by atoms with E-state index in [2.05, 4.69) is 15.0 Å².